The van der Waals surface area contributed by atoms with Crippen molar-refractivity contribution in [2.75, 3.05) is 12.4 Å². The molecule has 2 amide bonds. The van der Waals surface area contributed by atoms with Crippen LogP contribution in [0.1, 0.15) is 39.0 Å². The maximum absolute atomic E-state index is 12.2. The SMILES string of the molecule is CC1=NNC(=O)N(CS(=O)(=O)C2CCCCC2)C1. The number of sulfone groups is 1. The van der Waals surface area contributed by atoms with E-state index in [1.165, 1.54) is 4.90 Å². The Bertz CT molecular complexity index is 452. The molecule has 1 fully saturated rings. The molecular formula is C11H19N3O3S. The van der Waals surface area contributed by atoms with Crippen LogP contribution in [0, 0.1) is 0 Å². The van der Waals surface area contributed by atoms with Gasteiger partial charge in [0.15, 0.2) is 9.84 Å². The number of urea groups is 1. The molecule has 0 radical (unpaired) electrons. The Morgan fingerprint density at radius 3 is 2.67 bits per heavy atom. The topological polar surface area (TPSA) is 78.8 Å². The fourth-order valence-electron chi connectivity index (χ4n) is 2.45. The zero-order chi connectivity index (χ0) is 13.2. The highest BCUT2D eigenvalue weighted by molar-refractivity contribution is 7.92. The molecule has 0 saturated heterocycles. The van der Waals surface area contributed by atoms with Gasteiger partial charge >= 0.3 is 6.03 Å². The van der Waals surface area contributed by atoms with Crippen molar-refractivity contribution in [2.24, 2.45) is 5.10 Å². The Hall–Kier alpha value is -1.11. The monoisotopic (exact) mass is 273 g/mol. The van der Waals surface area contributed by atoms with Gasteiger partial charge in [0.25, 0.3) is 0 Å². The predicted molar refractivity (Wildman–Crippen MR) is 69.0 cm³/mol. The molecule has 1 N–H and O–H groups in total. The molecule has 0 aromatic carbocycles. The maximum Gasteiger partial charge on any atom is 0.338 e. The molecule has 1 aliphatic carbocycles. The van der Waals surface area contributed by atoms with E-state index in [4.69, 9.17) is 0 Å². The van der Waals surface area contributed by atoms with Crippen LogP contribution in [0.15, 0.2) is 5.10 Å². The highest BCUT2D eigenvalue weighted by Gasteiger charge is 2.31. The summed E-state index contributed by atoms with van der Waals surface area (Å²) in [6.07, 6.45) is 4.50. The van der Waals surface area contributed by atoms with Crippen molar-refractivity contribution in [3.8, 4) is 0 Å². The molecule has 1 saturated carbocycles. The van der Waals surface area contributed by atoms with Crippen LogP contribution in [0.25, 0.3) is 0 Å². The van der Waals surface area contributed by atoms with Gasteiger partial charge < -0.3 is 4.90 Å². The summed E-state index contributed by atoms with van der Waals surface area (Å²) in [5, 5.41) is 3.50. The molecule has 2 aliphatic rings. The summed E-state index contributed by atoms with van der Waals surface area (Å²) in [5.41, 5.74) is 3.03. The van der Waals surface area contributed by atoms with E-state index < -0.39 is 15.9 Å². The van der Waals surface area contributed by atoms with Gasteiger partial charge in [-0.2, -0.15) is 5.10 Å². The molecule has 0 aromatic heterocycles. The van der Waals surface area contributed by atoms with Crippen molar-refractivity contribution in [2.45, 2.75) is 44.3 Å². The second kappa shape index (κ2) is 5.26. The Kier molecular flexibility index (Phi) is 3.89. The third-order valence-corrected chi connectivity index (χ3v) is 5.60. The van der Waals surface area contributed by atoms with Crippen LogP contribution < -0.4 is 5.43 Å². The number of carbonyl (C=O) groups is 1. The zero-order valence-electron chi connectivity index (χ0n) is 10.6. The first-order chi connectivity index (χ1) is 8.49. The number of hydrogen-bond donors (Lipinski definition) is 1. The first-order valence-electron chi connectivity index (χ1n) is 6.29. The molecular weight excluding hydrogens is 254 g/mol. The van der Waals surface area contributed by atoms with Crippen LogP contribution in [-0.4, -0.2) is 42.7 Å². The summed E-state index contributed by atoms with van der Waals surface area (Å²) in [5.74, 6) is -0.198. The molecule has 102 valence electrons. The summed E-state index contributed by atoms with van der Waals surface area (Å²) in [7, 11) is -3.23. The molecule has 1 aliphatic heterocycles. The lowest BCUT2D eigenvalue weighted by atomic mass is 10.0. The van der Waals surface area contributed by atoms with E-state index in [0.29, 0.717) is 5.71 Å². The summed E-state index contributed by atoms with van der Waals surface area (Å²) in [4.78, 5) is 12.9. The van der Waals surface area contributed by atoms with E-state index in [2.05, 4.69) is 10.5 Å². The van der Waals surface area contributed by atoms with E-state index in [0.717, 1.165) is 32.1 Å². The van der Waals surface area contributed by atoms with Crippen LogP contribution in [0.2, 0.25) is 0 Å². The molecule has 1 heterocycles. The normalized spacial score (nSPS) is 22.6. The largest absolute Gasteiger partial charge is 0.338 e. The Morgan fingerprint density at radius 1 is 1.33 bits per heavy atom. The van der Waals surface area contributed by atoms with E-state index in [1.807, 2.05) is 0 Å². The third-order valence-electron chi connectivity index (χ3n) is 3.45. The van der Waals surface area contributed by atoms with E-state index in [1.54, 1.807) is 6.92 Å². The average Bonchev–Trinajstić information content (AvgIpc) is 2.35. The van der Waals surface area contributed by atoms with E-state index >= 15 is 0 Å². The fourth-order valence-corrected chi connectivity index (χ4v) is 4.35. The number of hydrogen-bond acceptors (Lipinski definition) is 4. The third kappa shape index (κ3) is 3.01. The highest BCUT2D eigenvalue weighted by Crippen LogP contribution is 2.24. The van der Waals surface area contributed by atoms with Gasteiger partial charge in [-0.3, -0.25) is 0 Å². The Morgan fingerprint density at radius 2 is 2.00 bits per heavy atom. The Balaban J connectivity index is 2.03. The molecule has 2 rings (SSSR count). The van der Waals surface area contributed by atoms with Gasteiger partial charge in [-0.15, -0.1) is 0 Å². The van der Waals surface area contributed by atoms with Gasteiger partial charge in [0.05, 0.1) is 17.5 Å². The lowest BCUT2D eigenvalue weighted by Gasteiger charge is -2.28. The van der Waals surface area contributed by atoms with Crippen LogP contribution in [0.4, 0.5) is 4.79 Å². The quantitative estimate of drug-likeness (QED) is 0.836. The predicted octanol–water partition coefficient (Wildman–Crippen LogP) is 1.09. The molecule has 0 atom stereocenters. The van der Waals surface area contributed by atoms with Gasteiger partial charge in [-0.25, -0.2) is 18.6 Å². The molecule has 7 heteroatoms. The lowest BCUT2D eigenvalue weighted by molar-refractivity contribution is 0.208. The van der Waals surface area contributed by atoms with Gasteiger partial charge in [0.2, 0.25) is 0 Å². The molecule has 6 nitrogen and oxygen atoms in total. The van der Waals surface area contributed by atoms with E-state index in [-0.39, 0.29) is 17.7 Å². The summed E-state index contributed by atoms with van der Waals surface area (Å²) in [6.45, 7) is 2.05. The minimum absolute atomic E-state index is 0.198. The first-order valence-corrected chi connectivity index (χ1v) is 8.00. The number of nitrogens with zero attached hydrogens (tertiary/aromatic N) is 2. The number of amides is 2. The smallest absolute Gasteiger partial charge is 0.303 e. The van der Waals surface area contributed by atoms with Crippen LogP contribution >= 0.6 is 0 Å². The van der Waals surface area contributed by atoms with Gasteiger partial charge in [0.1, 0.15) is 5.88 Å². The van der Waals surface area contributed by atoms with Crippen LogP contribution in [-0.2, 0) is 9.84 Å². The second-order valence-corrected chi connectivity index (χ2v) is 7.26. The molecule has 0 bridgehead atoms. The van der Waals surface area contributed by atoms with E-state index in [9.17, 15) is 13.2 Å². The average molecular weight is 273 g/mol. The van der Waals surface area contributed by atoms with Crippen LogP contribution in [0.3, 0.4) is 0 Å². The van der Waals surface area contributed by atoms with Crippen molar-refractivity contribution in [3.63, 3.8) is 0 Å². The number of carbonyl (C=O) groups excluding carboxylic acids is 1. The van der Waals surface area contributed by atoms with Crippen molar-refractivity contribution < 1.29 is 13.2 Å². The molecule has 0 aromatic rings. The number of rotatable bonds is 3. The maximum atomic E-state index is 12.2. The molecule has 0 spiro atoms. The van der Waals surface area contributed by atoms with Gasteiger partial charge in [-0.05, 0) is 19.8 Å². The highest BCUT2D eigenvalue weighted by atomic mass is 32.2. The first kappa shape index (κ1) is 13.3. The summed E-state index contributed by atoms with van der Waals surface area (Å²) >= 11 is 0. The van der Waals surface area contributed by atoms with Crippen molar-refractivity contribution >= 4 is 21.6 Å². The standard InChI is InChI=1S/C11H19N3O3S/c1-9-7-14(11(15)13-12-9)8-18(16,17)10-5-3-2-4-6-10/h10H,2-8H2,1H3,(H,13,15). The van der Waals surface area contributed by atoms with Crippen LogP contribution in [0.5, 0.6) is 0 Å². The van der Waals surface area contributed by atoms with Gasteiger partial charge in [0, 0.05) is 0 Å². The van der Waals surface area contributed by atoms with Gasteiger partial charge in [-0.1, -0.05) is 19.3 Å². The number of hydrazone groups is 1. The fraction of sp³-hybridized carbons (Fsp3) is 0.818. The Labute approximate surface area is 107 Å². The van der Waals surface area contributed by atoms with Crippen molar-refractivity contribution in [1.82, 2.24) is 10.3 Å². The summed E-state index contributed by atoms with van der Waals surface area (Å²) in [6, 6.07) is -0.431. The zero-order valence-corrected chi connectivity index (χ0v) is 11.4. The minimum Gasteiger partial charge on any atom is -0.303 e. The summed E-state index contributed by atoms with van der Waals surface area (Å²) < 4.78 is 24.5. The van der Waals surface area contributed by atoms with Crippen molar-refractivity contribution in [3.05, 3.63) is 0 Å². The minimum atomic E-state index is -3.23. The number of nitrogens with one attached hydrogen (secondary N) is 1. The lowest BCUT2D eigenvalue weighted by Crippen LogP contribution is -2.48. The molecule has 0 unspecified atom stereocenters. The second-order valence-electron chi connectivity index (χ2n) is 5.01. The van der Waals surface area contributed by atoms with Crippen molar-refractivity contribution in [1.29, 1.82) is 0 Å². The molecule has 18 heavy (non-hydrogen) atoms.